The molecule has 0 saturated heterocycles. The number of amides is 1. The van der Waals surface area contributed by atoms with Crippen molar-refractivity contribution in [2.45, 2.75) is 13.3 Å². The van der Waals surface area contributed by atoms with Crippen molar-refractivity contribution in [2.24, 2.45) is 0 Å². The van der Waals surface area contributed by atoms with Crippen molar-refractivity contribution >= 4 is 17.3 Å². The van der Waals surface area contributed by atoms with Crippen LogP contribution in [0.25, 0.3) is 5.52 Å². The van der Waals surface area contributed by atoms with Crippen molar-refractivity contribution < 1.29 is 19.0 Å². The van der Waals surface area contributed by atoms with Crippen LogP contribution >= 0.6 is 0 Å². The molecule has 0 aliphatic heterocycles. The second-order valence-corrected chi connectivity index (χ2v) is 5.41. The highest BCUT2D eigenvalue weighted by atomic mass is 19.1. The first-order valence-electron chi connectivity index (χ1n) is 7.47. The highest BCUT2D eigenvalue weighted by Gasteiger charge is 2.16. The number of hydrogen-bond acceptors (Lipinski definition) is 5. The average molecular weight is 345 g/mol. The van der Waals surface area contributed by atoms with E-state index < -0.39 is 11.9 Å². The molecule has 0 fully saturated rings. The number of nitrogens with zero attached hydrogens (tertiary/aromatic N) is 3. The van der Waals surface area contributed by atoms with Crippen LogP contribution in [0, 0.1) is 12.7 Å². The molecule has 1 amide bonds. The van der Waals surface area contributed by atoms with E-state index in [0.29, 0.717) is 17.6 Å². The largest absolute Gasteiger partial charge is 0.465 e. The molecule has 0 aliphatic rings. The van der Waals surface area contributed by atoms with Crippen molar-refractivity contribution in [1.82, 2.24) is 19.9 Å². The fourth-order valence-corrected chi connectivity index (χ4v) is 2.51. The van der Waals surface area contributed by atoms with Gasteiger partial charge in [0.05, 0.1) is 0 Å². The number of anilines is 1. The lowest BCUT2D eigenvalue weighted by Crippen LogP contribution is -2.23. The molecule has 0 saturated carbocycles. The molecule has 0 unspecified atom stereocenters. The Labute approximate surface area is 142 Å². The number of aryl methyl sites for hydroxylation is 1. The first-order chi connectivity index (χ1) is 12.0. The van der Waals surface area contributed by atoms with Crippen LogP contribution in [0.5, 0.6) is 11.6 Å². The predicted molar refractivity (Wildman–Crippen MR) is 88.3 cm³/mol. The lowest BCUT2D eigenvalue weighted by molar-refractivity contribution is 0.194. The van der Waals surface area contributed by atoms with Gasteiger partial charge in [-0.05, 0) is 36.6 Å². The normalized spacial score (nSPS) is 10.8. The van der Waals surface area contributed by atoms with E-state index >= 15 is 0 Å². The van der Waals surface area contributed by atoms with Crippen LogP contribution in [0.15, 0.2) is 30.7 Å². The molecule has 0 bridgehead atoms. The zero-order chi connectivity index (χ0) is 18.0. The van der Waals surface area contributed by atoms with Gasteiger partial charge in [-0.3, -0.25) is 0 Å². The third-order valence-electron chi connectivity index (χ3n) is 3.73. The minimum Gasteiger partial charge on any atom is -0.465 e. The third-order valence-corrected chi connectivity index (χ3v) is 3.73. The van der Waals surface area contributed by atoms with Gasteiger partial charge in [-0.25, -0.2) is 13.7 Å². The summed E-state index contributed by atoms with van der Waals surface area (Å²) in [5.74, 6) is -0.384. The quantitative estimate of drug-likeness (QED) is 0.612. The number of nitrogens with two attached hydrogens (primary N) is 1. The summed E-state index contributed by atoms with van der Waals surface area (Å²) in [4.78, 5) is 14.6. The Morgan fingerprint density at radius 1 is 1.48 bits per heavy atom. The second-order valence-electron chi connectivity index (χ2n) is 5.41. The maximum Gasteiger partial charge on any atom is 0.404 e. The van der Waals surface area contributed by atoms with Crippen LogP contribution in [0.2, 0.25) is 0 Å². The summed E-state index contributed by atoms with van der Waals surface area (Å²) in [5, 5.41) is 15.1. The van der Waals surface area contributed by atoms with Gasteiger partial charge in [0.1, 0.15) is 11.8 Å². The number of halogens is 1. The van der Waals surface area contributed by atoms with Crippen LogP contribution in [0.4, 0.5) is 14.9 Å². The van der Waals surface area contributed by atoms with Gasteiger partial charge in [-0.15, -0.1) is 0 Å². The topological polar surface area (TPSA) is 115 Å². The van der Waals surface area contributed by atoms with E-state index in [9.17, 15) is 9.18 Å². The summed E-state index contributed by atoms with van der Waals surface area (Å²) >= 11 is 0. The molecule has 25 heavy (non-hydrogen) atoms. The lowest BCUT2D eigenvalue weighted by Gasteiger charge is -2.08. The molecule has 0 radical (unpaired) electrons. The maximum atomic E-state index is 14.0. The molecule has 3 aromatic rings. The monoisotopic (exact) mass is 345 g/mol. The molecule has 9 heteroatoms. The molecule has 130 valence electrons. The van der Waals surface area contributed by atoms with E-state index in [4.69, 9.17) is 15.6 Å². The van der Waals surface area contributed by atoms with Crippen molar-refractivity contribution in [3.8, 4) is 11.6 Å². The van der Waals surface area contributed by atoms with Crippen molar-refractivity contribution in [1.29, 1.82) is 0 Å². The Hall–Kier alpha value is -3.36. The van der Waals surface area contributed by atoms with Crippen molar-refractivity contribution in [3.05, 3.63) is 47.7 Å². The number of nitrogens with one attached hydrogen (secondary N) is 1. The first-order valence-corrected chi connectivity index (χ1v) is 7.47. The lowest BCUT2D eigenvalue weighted by atomic mass is 10.1. The summed E-state index contributed by atoms with van der Waals surface area (Å²) in [5.41, 5.74) is 8.13. The molecule has 0 atom stereocenters. The Morgan fingerprint density at radius 3 is 3.00 bits per heavy atom. The highest BCUT2D eigenvalue weighted by Crippen LogP contribution is 2.30. The summed E-state index contributed by atoms with van der Waals surface area (Å²) in [6.45, 7) is 2.12. The zero-order valence-electron chi connectivity index (χ0n) is 13.4. The van der Waals surface area contributed by atoms with Gasteiger partial charge in [-0.2, -0.15) is 10.1 Å². The van der Waals surface area contributed by atoms with E-state index in [2.05, 4.69) is 15.4 Å². The fourth-order valence-electron chi connectivity index (χ4n) is 2.51. The Bertz CT molecular complexity index is 941. The molecule has 4 N–H and O–H groups in total. The van der Waals surface area contributed by atoms with Gasteiger partial charge in [0.15, 0.2) is 11.6 Å². The van der Waals surface area contributed by atoms with Crippen LogP contribution in [0.3, 0.4) is 0 Å². The van der Waals surface area contributed by atoms with E-state index in [0.717, 1.165) is 11.1 Å². The number of nitrogen functional groups attached to an aromatic ring is 1. The number of benzene rings is 1. The molecule has 8 nitrogen and oxygen atoms in total. The number of carboxylic acid groups (broad SMARTS) is 1. The van der Waals surface area contributed by atoms with E-state index in [1.807, 2.05) is 6.92 Å². The van der Waals surface area contributed by atoms with E-state index in [1.54, 1.807) is 10.7 Å². The third kappa shape index (κ3) is 3.44. The number of ether oxygens (including phenoxy) is 1. The fraction of sp³-hybridized carbons (Fsp3) is 0.188. The number of aromatic nitrogens is 3. The van der Waals surface area contributed by atoms with Gasteiger partial charge in [0.25, 0.3) is 0 Å². The molecule has 2 heterocycles. The van der Waals surface area contributed by atoms with Gasteiger partial charge in [0.2, 0.25) is 5.88 Å². The van der Waals surface area contributed by atoms with Crippen LogP contribution in [0.1, 0.15) is 11.1 Å². The average Bonchev–Trinajstić information content (AvgIpc) is 2.87. The van der Waals surface area contributed by atoms with Gasteiger partial charge in [-0.1, -0.05) is 0 Å². The van der Waals surface area contributed by atoms with Crippen molar-refractivity contribution in [3.63, 3.8) is 0 Å². The number of rotatable bonds is 5. The Kier molecular flexibility index (Phi) is 4.38. The van der Waals surface area contributed by atoms with E-state index in [-0.39, 0.29) is 18.2 Å². The van der Waals surface area contributed by atoms with Gasteiger partial charge in [0, 0.05) is 24.5 Å². The molecule has 0 spiro atoms. The minimum absolute atomic E-state index is 0.00416. The summed E-state index contributed by atoms with van der Waals surface area (Å²) in [6, 6.07) is 4.13. The van der Waals surface area contributed by atoms with Gasteiger partial charge >= 0.3 is 6.09 Å². The van der Waals surface area contributed by atoms with Gasteiger partial charge < -0.3 is 20.9 Å². The van der Waals surface area contributed by atoms with Crippen LogP contribution in [-0.2, 0) is 6.42 Å². The Balaban J connectivity index is 1.93. The SMILES string of the molecule is Cc1c(CCNC(=O)O)cn2ncnc(Oc3ccc(N)cc3F)c12. The van der Waals surface area contributed by atoms with Crippen LogP contribution in [-0.4, -0.2) is 32.3 Å². The Morgan fingerprint density at radius 2 is 2.28 bits per heavy atom. The number of carbonyl (C=O) groups is 1. The van der Waals surface area contributed by atoms with Crippen LogP contribution < -0.4 is 15.8 Å². The number of fused-ring (bicyclic) bond motifs is 1. The molecule has 1 aromatic carbocycles. The highest BCUT2D eigenvalue weighted by molar-refractivity contribution is 5.66. The summed E-state index contributed by atoms with van der Waals surface area (Å²) < 4.78 is 21.1. The minimum atomic E-state index is -1.08. The second kappa shape index (κ2) is 6.63. The maximum absolute atomic E-state index is 14.0. The predicted octanol–water partition coefficient (Wildman–Crippen LogP) is 2.36. The first kappa shape index (κ1) is 16.5. The van der Waals surface area contributed by atoms with Crippen molar-refractivity contribution in [2.75, 3.05) is 12.3 Å². The molecule has 2 aromatic heterocycles. The number of hydrogen-bond donors (Lipinski definition) is 3. The molecular formula is C16H16FN5O3. The summed E-state index contributed by atoms with van der Waals surface area (Å²) in [6.07, 6.45) is 2.47. The van der Waals surface area contributed by atoms with E-state index in [1.165, 1.54) is 24.5 Å². The zero-order valence-corrected chi connectivity index (χ0v) is 13.4. The summed E-state index contributed by atoms with van der Waals surface area (Å²) in [7, 11) is 0. The molecular weight excluding hydrogens is 329 g/mol. The molecule has 0 aliphatic carbocycles. The standard InChI is InChI=1S/C16H16FN5O3/c1-9-10(4-5-19-16(23)24)7-22-14(9)15(20-8-21-22)25-13-3-2-11(18)6-12(13)17/h2-3,6-8,19H,4-5,18H2,1H3,(H,23,24). The smallest absolute Gasteiger partial charge is 0.404 e. The molecule has 3 rings (SSSR count).